The van der Waals surface area contributed by atoms with Crippen LogP contribution in [-0.2, 0) is 0 Å². The predicted molar refractivity (Wildman–Crippen MR) is 53.0 cm³/mol. The van der Waals surface area contributed by atoms with Crippen molar-refractivity contribution in [2.75, 3.05) is 27.2 Å². The van der Waals surface area contributed by atoms with Crippen LogP contribution in [0.5, 0.6) is 0 Å². The van der Waals surface area contributed by atoms with Gasteiger partial charge in [0.05, 0.1) is 0 Å². The molecule has 1 aliphatic rings. The first kappa shape index (κ1) is 12.2. The van der Waals surface area contributed by atoms with Gasteiger partial charge in [-0.15, -0.1) is 0 Å². The minimum Gasteiger partial charge on any atom is -0.465 e. The van der Waals surface area contributed by atoms with E-state index >= 15 is 0 Å². The summed E-state index contributed by atoms with van der Waals surface area (Å²) in [5, 5.41) is 8.62. The summed E-state index contributed by atoms with van der Waals surface area (Å²) in [4.78, 5) is 14.0. The molecule has 0 bridgehead atoms. The zero-order chi connectivity index (χ0) is 10.4. The van der Waals surface area contributed by atoms with Gasteiger partial charge in [0.2, 0.25) is 0 Å². The number of nitrogens with zero attached hydrogens (tertiary/aromatic N) is 2. The van der Waals surface area contributed by atoms with E-state index in [4.69, 9.17) is 5.11 Å². The van der Waals surface area contributed by atoms with E-state index in [1.165, 1.54) is 4.90 Å². The number of carboxylic acid groups (broad SMARTS) is 1. The molecule has 1 N–H and O–H groups in total. The Bertz CT molecular complexity index is 160. The lowest BCUT2D eigenvalue weighted by atomic mass is 10.2. The summed E-state index contributed by atoms with van der Waals surface area (Å²) in [6, 6.07) is 0.408. The van der Waals surface area contributed by atoms with Crippen molar-refractivity contribution < 1.29 is 9.90 Å². The van der Waals surface area contributed by atoms with Crippen LogP contribution >= 0.6 is 0 Å². The second-order valence-electron chi connectivity index (χ2n) is 3.13. The number of amides is 1. The molecule has 1 amide bonds. The van der Waals surface area contributed by atoms with Crippen LogP contribution in [0.2, 0.25) is 0 Å². The van der Waals surface area contributed by atoms with E-state index in [1.807, 2.05) is 27.9 Å². The molecule has 1 rings (SSSR count). The van der Waals surface area contributed by atoms with Crippen molar-refractivity contribution in [2.45, 2.75) is 26.3 Å². The molecule has 1 fully saturated rings. The van der Waals surface area contributed by atoms with Crippen LogP contribution < -0.4 is 0 Å². The third-order valence-corrected chi connectivity index (χ3v) is 2.16. The van der Waals surface area contributed by atoms with Crippen molar-refractivity contribution in [3.8, 4) is 0 Å². The Morgan fingerprint density at radius 3 is 2.23 bits per heavy atom. The van der Waals surface area contributed by atoms with Crippen molar-refractivity contribution in [1.29, 1.82) is 0 Å². The SMILES string of the molecule is CC.CN(C)C1CCN(C(=O)O)C1. The number of hydrogen-bond acceptors (Lipinski definition) is 2. The fourth-order valence-corrected chi connectivity index (χ4v) is 1.34. The van der Waals surface area contributed by atoms with Crippen LogP contribution in [-0.4, -0.2) is 54.2 Å². The molecule has 4 heteroatoms. The number of likely N-dealkylation sites (N-methyl/N-ethyl adjacent to an activating group) is 1. The van der Waals surface area contributed by atoms with E-state index in [9.17, 15) is 4.79 Å². The molecule has 0 saturated carbocycles. The van der Waals surface area contributed by atoms with Crippen LogP contribution in [0.4, 0.5) is 4.79 Å². The minimum atomic E-state index is -0.797. The zero-order valence-electron chi connectivity index (χ0n) is 8.95. The van der Waals surface area contributed by atoms with Gasteiger partial charge in [0.15, 0.2) is 0 Å². The Morgan fingerprint density at radius 2 is 2.00 bits per heavy atom. The van der Waals surface area contributed by atoms with E-state index in [0.717, 1.165) is 6.42 Å². The second-order valence-corrected chi connectivity index (χ2v) is 3.13. The van der Waals surface area contributed by atoms with Gasteiger partial charge in [0, 0.05) is 19.1 Å². The number of carbonyl (C=O) groups is 1. The van der Waals surface area contributed by atoms with E-state index in [1.54, 1.807) is 0 Å². The Labute approximate surface area is 80.1 Å². The molecule has 1 heterocycles. The van der Waals surface area contributed by atoms with Gasteiger partial charge < -0.3 is 14.9 Å². The molecule has 1 aliphatic heterocycles. The van der Waals surface area contributed by atoms with Crippen LogP contribution in [0.25, 0.3) is 0 Å². The van der Waals surface area contributed by atoms with Gasteiger partial charge in [-0.25, -0.2) is 4.79 Å². The Balaban J connectivity index is 0.000000671. The summed E-state index contributed by atoms with van der Waals surface area (Å²) in [6.07, 6.45) is 0.161. The second kappa shape index (κ2) is 5.80. The lowest BCUT2D eigenvalue weighted by molar-refractivity contribution is 0.152. The molecule has 0 spiro atoms. The lowest BCUT2D eigenvalue weighted by Gasteiger charge is -2.18. The van der Waals surface area contributed by atoms with Gasteiger partial charge in [-0.05, 0) is 20.5 Å². The van der Waals surface area contributed by atoms with Gasteiger partial charge in [0.1, 0.15) is 0 Å². The zero-order valence-corrected chi connectivity index (χ0v) is 8.95. The molecule has 0 aromatic carbocycles. The van der Waals surface area contributed by atoms with Gasteiger partial charge in [-0.2, -0.15) is 0 Å². The van der Waals surface area contributed by atoms with E-state index in [0.29, 0.717) is 19.1 Å². The highest BCUT2D eigenvalue weighted by Crippen LogP contribution is 2.12. The third-order valence-electron chi connectivity index (χ3n) is 2.16. The Morgan fingerprint density at radius 1 is 1.46 bits per heavy atom. The lowest BCUT2D eigenvalue weighted by Crippen LogP contribution is -2.33. The highest BCUT2D eigenvalue weighted by atomic mass is 16.4. The maximum Gasteiger partial charge on any atom is 0.407 e. The van der Waals surface area contributed by atoms with Gasteiger partial charge >= 0.3 is 6.09 Å². The molecule has 0 aromatic rings. The average molecular weight is 188 g/mol. The maximum atomic E-state index is 10.5. The van der Waals surface area contributed by atoms with Crippen molar-refractivity contribution in [1.82, 2.24) is 9.80 Å². The van der Waals surface area contributed by atoms with Crippen molar-refractivity contribution >= 4 is 6.09 Å². The van der Waals surface area contributed by atoms with E-state index in [2.05, 4.69) is 4.90 Å². The van der Waals surface area contributed by atoms with Gasteiger partial charge in [-0.1, -0.05) is 13.8 Å². The first-order valence-electron chi connectivity index (χ1n) is 4.75. The van der Waals surface area contributed by atoms with Crippen LogP contribution in [0.3, 0.4) is 0 Å². The topological polar surface area (TPSA) is 43.8 Å². The summed E-state index contributed by atoms with van der Waals surface area (Å²) < 4.78 is 0. The fraction of sp³-hybridized carbons (Fsp3) is 0.889. The van der Waals surface area contributed by atoms with E-state index < -0.39 is 6.09 Å². The first-order chi connectivity index (χ1) is 6.11. The van der Waals surface area contributed by atoms with Crippen molar-refractivity contribution in [3.63, 3.8) is 0 Å². The molecule has 1 unspecified atom stereocenters. The molecular weight excluding hydrogens is 168 g/mol. The molecule has 4 nitrogen and oxygen atoms in total. The Hall–Kier alpha value is -0.770. The minimum absolute atomic E-state index is 0.408. The molecule has 0 radical (unpaired) electrons. The normalized spacial score (nSPS) is 21.3. The van der Waals surface area contributed by atoms with E-state index in [-0.39, 0.29) is 0 Å². The molecule has 1 atom stereocenters. The number of hydrogen-bond donors (Lipinski definition) is 1. The third kappa shape index (κ3) is 3.63. The van der Waals surface area contributed by atoms with Crippen molar-refractivity contribution in [3.05, 3.63) is 0 Å². The van der Waals surface area contributed by atoms with Gasteiger partial charge in [-0.3, -0.25) is 0 Å². The summed E-state index contributed by atoms with van der Waals surface area (Å²) in [5.41, 5.74) is 0. The summed E-state index contributed by atoms with van der Waals surface area (Å²) in [6.45, 7) is 5.33. The average Bonchev–Trinajstić information content (AvgIpc) is 2.56. The molecule has 0 aromatic heterocycles. The van der Waals surface area contributed by atoms with Crippen molar-refractivity contribution in [2.24, 2.45) is 0 Å². The number of likely N-dealkylation sites (tertiary alicyclic amines) is 1. The van der Waals surface area contributed by atoms with Gasteiger partial charge in [0.25, 0.3) is 0 Å². The predicted octanol–water partition coefficient (Wildman–Crippen LogP) is 1.33. The standard InChI is InChI=1S/C7H14N2O2.C2H6/c1-8(2)6-3-4-9(5-6)7(10)11;1-2/h6H,3-5H2,1-2H3,(H,10,11);1-2H3. The smallest absolute Gasteiger partial charge is 0.407 e. The molecule has 78 valence electrons. The first-order valence-corrected chi connectivity index (χ1v) is 4.75. The monoisotopic (exact) mass is 188 g/mol. The summed E-state index contributed by atoms with van der Waals surface area (Å²) in [5.74, 6) is 0. The van der Waals surface area contributed by atoms with Crippen LogP contribution in [0.1, 0.15) is 20.3 Å². The molecule has 13 heavy (non-hydrogen) atoms. The fourth-order valence-electron chi connectivity index (χ4n) is 1.34. The quantitative estimate of drug-likeness (QED) is 0.675. The number of rotatable bonds is 1. The highest BCUT2D eigenvalue weighted by molar-refractivity contribution is 5.65. The molecule has 0 aliphatic carbocycles. The molecule has 1 saturated heterocycles. The highest BCUT2D eigenvalue weighted by Gasteiger charge is 2.26. The summed E-state index contributed by atoms with van der Waals surface area (Å²) >= 11 is 0. The molecular formula is C9H20N2O2. The van der Waals surface area contributed by atoms with Crippen LogP contribution in [0, 0.1) is 0 Å². The maximum absolute atomic E-state index is 10.5. The van der Waals surface area contributed by atoms with Crippen LogP contribution in [0.15, 0.2) is 0 Å². The largest absolute Gasteiger partial charge is 0.465 e. The Kier molecular flexibility index (Phi) is 5.46. The summed E-state index contributed by atoms with van der Waals surface area (Å²) in [7, 11) is 3.96.